The van der Waals surface area contributed by atoms with Crippen LogP contribution in [0.5, 0.6) is 0 Å². The third-order valence-corrected chi connectivity index (χ3v) is 4.32. The van der Waals surface area contributed by atoms with Gasteiger partial charge in [-0.15, -0.1) is 0 Å². The van der Waals surface area contributed by atoms with E-state index < -0.39 is 0 Å². The molecule has 126 valence electrons. The molecule has 5 nitrogen and oxygen atoms in total. The summed E-state index contributed by atoms with van der Waals surface area (Å²) in [5.41, 5.74) is 1.94. The molecule has 5 heteroatoms. The molecular formula is C18H27N3O2. The quantitative estimate of drug-likeness (QED) is 0.876. The van der Waals surface area contributed by atoms with Gasteiger partial charge in [0.2, 0.25) is 5.91 Å². The molecular weight excluding hydrogens is 290 g/mol. The number of anilines is 1. The van der Waals surface area contributed by atoms with Crippen molar-refractivity contribution in [2.45, 2.75) is 52.0 Å². The van der Waals surface area contributed by atoms with Gasteiger partial charge in [0, 0.05) is 31.7 Å². The van der Waals surface area contributed by atoms with Crippen LogP contribution in [0.15, 0.2) is 24.3 Å². The summed E-state index contributed by atoms with van der Waals surface area (Å²) >= 11 is 0. The van der Waals surface area contributed by atoms with E-state index >= 15 is 0 Å². The van der Waals surface area contributed by atoms with Crippen molar-refractivity contribution in [2.24, 2.45) is 0 Å². The Kier molecular flexibility index (Phi) is 6.44. The van der Waals surface area contributed by atoms with Crippen molar-refractivity contribution in [3.63, 3.8) is 0 Å². The van der Waals surface area contributed by atoms with Gasteiger partial charge < -0.3 is 15.5 Å². The molecule has 2 rings (SSSR count). The maximum atomic E-state index is 12.3. The van der Waals surface area contributed by atoms with E-state index in [1.165, 1.54) is 13.3 Å². The highest BCUT2D eigenvalue weighted by atomic mass is 16.2. The summed E-state index contributed by atoms with van der Waals surface area (Å²) in [6.07, 6.45) is 5.26. The van der Waals surface area contributed by atoms with E-state index in [1.54, 1.807) is 0 Å². The van der Waals surface area contributed by atoms with Crippen molar-refractivity contribution in [2.75, 3.05) is 18.4 Å². The lowest BCUT2D eigenvalue weighted by Crippen LogP contribution is -2.48. The topological polar surface area (TPSA) is 61.4 Å². The van der Waals surface area contributed by atoms with Crippen LogP contribution in [0.2, 0.25) is 0 Å². The van der Waals surface area contributed by atoms with Crippen LogP contribution in [0, 0.1) is 0 Å². The second-order valence-corrected chi connectivity index (χ2v) is 6.11. The molecule has 1 aliphatic heterocycles. The molecule has 1 saturated heterocycles. The zero-order chi connectivity index (χ0) is 16.7. The number of rotatable bonds is 5. The maximum absolute atomic E-state index is 12.3. The highest BCUT2D eigenvalue weighted by Crippen LogP contribution is 2.19. The van der Waals surface area contributed by atoms with Gasteiger partial charge in [-0.3, -0.25) is 4.79 Å². The molecule has 1 unspecified atom stereocenters. The van der Waals surface area contributed by atoms with Gasteiger partial charge in [0.1, 0.15) is 0 Å². The zero-order valence-corrected chi connectivity index (χ0v) is 14.1. The number of hydrogen-bond donors (Lipinski definition) is 2. The lowest BCUT2D eigenvalue weighted by Gasteiger charge is -2.35. The Morgan fingerprint density at radius 3 is 2.61 bits per heavy atom. The van der Waals surface area contributed by atoms with Gasteiger partial charge in [0.25, 0.3) is 0 Å². The smallest absolute Gasteiger partial charge is 0.317 e. The Hall–Kier alpha value is -2.04. The average Bonchev–Trinajstić information content (AvgIpc) is 2.55. The van der Waals surface area contributed by atoms with Crippen LogP contribution in [0.4, 0.5) is 10.5 Å². The Balaban J connectivity index is 1.77. The summed E-state index contributed by atoms with van der Waals surface area (Å²) in [4.78, 5) is 25.3. The molecule has 0 aliphatic carbocycles. The first-order valence-electron chi connectivity index (χ1n) is 8.51. The van der Waals surface area contributed by atoms with Crippen molar-refractivity contribution < 1.29 is 9.59 Å². The first-order valence-corrected chi connectivity index (χ1v) is 8.51. The fraction of sp³-hybridized carbons (Fsp3) is 0.556. The van der Waals surface area contributed by atoms with Gasteiger partial charge in [0.05, 0.1) is 0 Å². The third-order valence-electron chi connectivity index (χ3n) is 4.32. The number of nitrogens with zero attached hydrogens (tertiary/aromatic N) is 1. The van der Waals surface area contributed by atoms with E-state index in [-0.39, 0.29) is 11.9 Å². The number of hydrogen-bond acceptors (Lipinski definition) is 2. The van der Waals surface area contributed by atoms with Crippen molar-refractivity contribution in [1.82, 2.24) is 10.2 Å². The van der Waals surface area contributed by atoms with E-state index in [4.69, 9.17) is 0 Å². The van der Waals surface area contributed by atoms with Crippen LogP contribution < -0.4 is 10.6 Å². The molecule has 2 N–H and O–H groups in total. The minimum absolute atomic E-state index is 0.0615. The van der Waals surface area contributed by atoms with Gasteiger partial charge in [-0.25, -0.2) is 4.79 Å². The van der Waals surface area contributed by atoms with Crippen LogP contribution >= 0.6 is 0 Å². The molecule has 0 radical (unpaired) electrons. The monoisotopic (exact) mass is 317 g/mol. The molecule has 1 heterocycles. The molecule has 0 spiro atoms. The van der Waals surface area contributed by atoms with E-state index in [9.17, 15) is 9.59 Å². The van der Waals surface area contributed by atoms with Crippen molar-refractivity contribution >= 4 is 17.6 Å². The van der Waals surface area contributed by atoms with Gasteiger partial charge in [-0.2, -0.15) is 0 Å². The molecule has 0 bridgehead atoms. The molecule has 0 saturated carbocycles. The minimum Gasteiger partial charge on any atom is -0.338 e. The first kappa shape index (κ1) is 17.3. The van der Waals surface area contributed by atoms with Crippen molar-refractivity contribution in [1.29, 1.82) is 0 Å². The highest BCUT2D eigenvalue weighted by Gasteiger charge is 2.24. The Labute approximate surface area is 138 Å². The summed E-state index contributed by atoms with van der Waals surface area (Å²) in [6.45, 7) is 5.14. The minimum atomic E-state index is -0.0722. The second kappa shape index (κ2) is 8.56. The molecule has 1 aliphatic rings. The predicted octanol–water partition coefficient (Wildman–Crippen LogP) is 3.16. The largest absolute Gasteiger partial charge is 0.338 e. The van der Waals surface area contributed by atoms with Gasteiger partial charge in [0.15, 0.2) is 0 Å². The second-order valence-electron chi connectivity index (χ2n) is 6.11. The first-order chi connectivity index (χ1) is 11.1. The summed E-state index contributed by atoms with van der Waals surface area (Å²) in [6, 6.07) is 8.18. The van der Waals surface area contributed by atoms with Crippen LogP contribution in [0.25, 0.3) is 0 Å². The van der Waals surface area contributed by atoms with E-state index in [0.29, 0.717) is 12.6 Å². The van der Waals surface area contributed by atoms with Gasteiger partial charge >= 0.3 is 6.03 Å². The highest BCUT2D eigenvalue weighted by molar-refractivity contribution is 5.88. The van der Waals surface area contributed by atoms with Crippen LogP contribution in [0.1, 0.15) is 45.1 Å². The van der Waals surface area contributed by atoms with Gasteiger partial charge in [-0.05, 0) is 49.8 Å². The fourth-order valence-electron chi connectivity index (χ4n) is 3.07. The average molecular weight is 317 g/mol. The SMILES string of the molecule is CCC1CCCCN1C(=O)NCCc1ccc(NC(C)=O)cc1. The summed E-state index contributed by atoms with van der Waals surface area (Å²) < 4.78 is 0. The number of piperidine rings is 1. The van der Waals surface area contributed by atoms with Crippen molar-refractivity contribution in [3.8, 4) is 0 Å². The number of carbonyl (C=O) groups is 2. The number of benzene rings is 1. The molecule has 3 amide bonds. The van der Waals surface area contributed by atoms with Crippen LogP contribution in [0.3, 0.4) is 0 Å². The number of amides is 3. The van der Waals surface area contributed by atoms with Crippen molar-refractivity contribution in [3.05, 3.63) is 29.8 Å². The Morgan fingerprint density at radius 2 is 1.96 bits per heavy atom. The molecule has 0 aromatic heterocycles. The third kappa shape index (κ3) is 5.27. The van der Waals surface area contributed by atoms with Crippen LogP contribution in [-0.4, -0.2) is 36.0 Å². The summed E-state index contributed by atoms with van der Waals surface area (Å²) in [5.74, 6) is -0.0722. The molecule has 1 aromatic rings. The number of urea groups is 1. The molecule has 1 fully saturated rings. The summed E-state index contributed by atoms with van der Waals surface area (Å²) in [7, 11) is 0. The van der Waals surface area contributed by atoms with Crippen LogP contribution in [-0.2, 0) is 11.2 Å². The van der Waals surface area contributed by atoms with E-state index in [0.717, 1.165) is 43.5 Å². The standard InChI is InChI=1S/C18H27N3O2/c1-3-17-6-4-5-13-21(17)18(23)19-12-11-15-7-9-16(10-8-15)20-14(2)22/h7-10,17H,3-6,11-13H2,1-2H3,(H,19,23)(H,20,22). The lowest BCUT2D eigenvalue weighted by atomic mass is 10.0. The van der Waals surface area contributed by atoms with E-state index in [1.807, 2.05) is 29.2 Å². The number of likely N-dealkylation sites (tertiary alicyclic amines) is 1. The van der Waals surface area contributed by atoms with E-state index in [2.05, 4.69) is 17.6 Å². The lowest BCUT2D eigenvalue weighted by molar-refractivity contribution is -0.114. The number of carbonyl (C=O) groups excluding carboxylic acids is 2. The molecule has 1 atom stereocenters. The predicted molar refractivity (Wildman–Crippen MR) is 92.5 cm³/mol. The number of nitrogens with one attached hydrogen (secondary N) is 2. The van der Waals surface area contributed by atoms with Gasteiger partial charge in [-0.1, -0.05) is 19.1 Å². The Morgan fingerprint density at radius 1 is 1.22 bits per heavy atom. The zero-order valence-electron chi connectivity index (χ0n) is 14.1. The maximum Gasteiger partial charge on any atom is 0.317 e. The fourth-order valence-corrected chi connectivity index (χ4v) is 3.07. The molecule has 23 heavy (non-hydrogen) atoms. The normalized spacial score (nSPS) is 17.7. The summed E-state index contributed by atoms with van der Waals surface area (Å²) in [5, 5.41) is 5.77. The Bertz CT molecular complexity index is 528. The molecule has 1 aromatic carbocycles.